The molecule has 3 heteroatoms. The molecule has 0 unspecified atom stereocenters. The Labute approximate surface area is 76.0 Å². The number of benzene rings is 1. The summed E-state index contributed by atoms with van der Waals surface area (Å²) in [5.41, 5.74) is 2.70. The summed E-state index contributed by atoms with van der Waals surface area (Å²) in [6.45, 7) is 0.583. The van der Waals surface area contributed by atoms with Crippen molar-refractivity contribution in [2.45, 2.75) is 13.0 Å². The van der Waals surface area contributed by atoms with Gasteiger partial charge in [-0.05, 0) is 23.3 Å². The third-order valence-corrected chi connectivity index (χ3v) is 2.16. The van der Waals surface area contributed by atoms with Crippen LogP contribution in [0.15, 0.2) is 18.2 Å². The summed E-state index contributed by atoms with van der Waals surface area (Å²) in [5, 5.41) is 11.4. The summed E-state index contributed by atoms with van der Waals surface area (Å²) in [6.07, 6.45) is 0.394. The van der Waals surface area contributed by atoms with Crippen molar-refractivity contribution in [1.29, 1.82) is 5.26 Å². The summed E-state index contributed by atoms with van der Waals surface area (Å²) in [5.74, 6) is 0.0302. The van der Waals surface area contributed by atoms with E-state index < -0.39 is 0 Å². The van der Waals surface area contributed by atoms with E-state index >= 15 is 0 Å². The van der Waals surface area contributed by atoms with Gasteiger partial charge < -0.3 is 5.32 Å². The third kappa shape index (κ3) is 1.38. The van der Waals surface area contributed by atoms with E-state index in [0.717, 1.165) is 11.1 Å². The fourth-order valence-corrected chi connectivity index (χ4v) is 1.46. The summed E-state index contributed by atoms with van der Waals surface area (Å²) in [7, 11) is 0. The van der Waals surface area contributed by atoms with Crippen molar-refractivity contribution >= 4 is 5.91 Å². The summed E-state index contributed by atoms with van der Waals surface area (Å²) < 4.78 is 0. The molecule has 0 spiro atoms. The van der Waals surface area contributed by atoms with Gasteiger partial charge in [-0.2, -0.15) is 5.26 Å². The maximum Gasteiger partial charge on any atom is 0.224 e. The minimum Gasteiger partial charge on any atom is -0.352 e. The Morgan fingerprint density at radius 2 is 2.23 bits per heavy atom. The van der Waals surface area contributed by atoms with E-state index in [0.29, 0.717) is 18.5 Å². The van der Waals surface area contributed by atoms with Gasteiger partial charge in [-0.25, -0.2) is 0 Å². The first-order valence-corrected chi connectivity index (χ1v) is 4.08. The van der Waals surface area contributed by atoms with Crippen LogP contribution in [0.5, 0.6) is 0 Å². The fourth-order valence-electron chi connectivity index (χ4n) is 1.46. The van der Waals surface area contributed by atoms with Gasteiger partial charge in [0.05, 0.1) is 18.1 Å². The standard InChI is InChI=1S/C10H8N2O/c11-5-7-1-2-8-6-12-10(13)4-9(8)3-7/h1-3H,4,6H2,(H,12,13). The lowest BCUT2D eigenvalue weighted by Gasteiger charge is -2.16. The highest BCUT2D eigenvalue weighted by Crippen LogP contribution is 2.15. The Kier molecular flexibility index (Phi) is 1.75. The molecule has 0 fully saturated rings. The molecular weight excluding hydrogens is 164 g/mol. The number of fused-ring (bicyclic) bond motifs is 1. The van der Waals surface area contributed by atoms with E-state index in [4.69, 9.17) is 5.26 Å². The Morgan fingerprint density at radius 3 is 3.00 bits per heavy atom. The second-order valence-corrected chi connectivity index (χ2v) is 3.05. The van der Waals surface area contributed by atoms with Gasteiger partial charge in [-0.15, -0.1) is 0 Å². The first kappa shape index (κ1) is 7.81. The van der Waals surface area contributed by atoms with Crippen molar-refractivity contribution in [3.63, 3.8) is 0 Å². The third-order valence-electron chi connectivity index (χ3n) is 2.16. The molecule has 64 valence electrons. The first-order valence-electron chi connectivity index (χ1n) is 4.08. The van der Waals surface area contributed by atoms with Crippen molar-refractivity contribution < 1.29 is 4.79 Å². The smallest absolute Gasteiger partial charge is 0.224 e. The molecule has 1 aliphatic heterocycles. The average Bonchev–Trinajstić information content (AvgIpc) is 2.16. The summed E-state index contributed by atoms with van der Waals surface area (Å²) in [4.78, 5) is 11.0. The lowest BCUT2D eigenvalue weighted by molar-refractivity contribution is -0.121. The minimum absolute atomic E-state index is 0.0302. The Hall–Kier alpha value is -1.82. The van der Waals surface area contributed by atoms with E-state index in [1.54, 1.807) is 12.1 Å². The van der Waals surface area contributed by atoms with Crippen LogP contribution in [0.2, 0.25) is 0 Å². The number of carbonyl (C=O) groups is 1. The lowest BCUT2D eigenvalue weighted by Crippen LogP contribution is -2.30. The van der Waals surface area contributed by atoms with Crippen molar-refractivity contribution in [2.75, 3.05) is 0 Å². The normalized spacial score (nSPS) is 14.2. The molecule has 0 bridgehead atoms. The molecule has 1 aliphatic rings. The van der Waals surface area contributed by atoms with E-state index in [1.165, 1.54) is 0 Å². The molecule has 1 aromatic rings. The molecule has 0 saturated heterocycles. The predicted molar refractivity (Wildman–Crippen MR) is 46.7 cm³/mol. The van der Waals surface area contributed by atoms with Crippen molar-refractivity contribution in [2.24, 2.45) is 0 Å². The zero-order valence-corrected chi connectivity index (χ0v) is 7.00. The van der Waals surface area contributed by atoms with Gasteiger partial charge in [0.25, 0.3) is 0 Å². The Balaban J connectivity index is 2.45. The zero-order chi connectivity index (χ0) is 9.26. The van der Waals surface area contributed by atoms with Crippen LogP contribution in [0.1, 0.15) is 16.7 Å². The maximum atomic E-state index is 11.0. The molecule has 0 aromatic heterocycles. The number of hydrogen-bond acceptors (Lipinski definition) is 2. The van der Waals surface area contributed by atoms with Crippen molar-refractivity contribution in [1.82, 2.24) is 5.32 Å². The number of nitriles is 1. The highest BCUT2D eigenvalue weighted by atomic mass is 16.1. The van der Waals surface area contributed by atoms with Gasteiger partial charge in [0, 0.05) is 6.54 Å². The van der Waals surface area contributed by atoms with Crippen LogP contribution in [0.3, 0.4) is 0 Å². The van der Waals surface area contributed by atoms with Crippen LogP contribution in [0, 0.1) is 11.3 Å². The van der Waals surface area contributed by atoms with E-state index in [1.807, 2.05) is 6.07 Å². The number of carbonyl (C=O) groups excluding carboxylic acids is 1. The van der Waals surface area contributed by atoms with Crippen molar-refractivity contribution in [3.8, 4) is 6.07 Å². The Morgan fingerprint density at radius 1 is 1.38 bits per heavy atom. The van der Waals surface area contributed by atoms with Gasteiger partial charge in [-0.1, -0.05) is 6.07 Å². The predicted octanol–water partition coefficient (Wildman–Crippen LogP) is 0.731. The molecular formula is C10H8N2O. The van der Waals surface area contributed by atoms with E-state index in [9.17, 15) is 4.79 Å². The molecule has 0 saturated carbocycles. The van der Waals surface area contributed by atoms with Crippen LogP contribution in [-0.2, 0) is 17.8 Å². The summed E-state index contributed by atoms with van der Waals surface area (Å²) in [6, 6.07) is 7.52. The molecule has 1 amide bonds. The van der Waals surface area contributed by atoms with Gasteiger partial charge in [0.15, 0.2) is 0 Å². The van der Waals surface area contributed by atoms with E-state index in [2.05, 4.69) is 11.4 Å². The lowest BCUT2D eigenvalue weighted by atomic mass is 9.98. The fraction of sp³-hybridized carbons (Fsp3) is 0.200. The van der Waals surface area contributed by atoms with Crippen LogP contribution in [0.25, 0.3) is 0 Å². The van der Waals surface area contributed by atoms with Gasteiger partial charge in [-0.3, -0.25) is 4.79 Å². The first-order chi connectivity index (χ1) is 6.29. The number of nitrogens with zero attached hydrogens (tertiary/aromatic N) is 1. The number of rotatable bonds is 0. The molecule has 0 atom stereocenters. The molecule has 0 aliphatic carbocycles. The minimum atomic E-state index is 0.0302. The quantitative estimate of drug-likeness (QED) is 0.627. The zero-order valence-electron chi connectivity index (χ0n) is 7.00. The average molecular weight is 172 g/mol. The molecule has 1 heterocycles. The highest BCUT2D eigenvalue weighted by Gasteiger charge is 2.14. The van der Waals surface area contributed by atoms with Crippen LogP contribution >= 0.6 is 0 Å². The Bertz CT molecular complexity index is 404. The number of hydrogen-bond donors (Lipinski definition) is 1. The van der Waals surface area contributed by atoms with E-state index in [-0.39, 0.29) is 5.91 Å². The molecule has 0 radical (unpaired) electrons. The van der Waals surface area contributed by atoms with Crippen LogP contribution in [-0.4, -0.2) is 5.91 Å². The van der Waals surface area contributed by atoms with Gasteiger partial charge in [0.1, 0.15) is 0 Å². The van der Waals surface area contributed by atoms with Gasteiger partial charge >= 0.3 is 0 Å². The molecule has 3 nitrogen and oxygen atoms in total. The second kappa shape index (κ2) is 2.91. The van der Waals surface area contributed by atoms with Gasteiger partial charge in [0.2, 0.25) is 5.91 Å². The van der Waals surface area contributed by atoms with Crippen LogP contribution < -0.4 is 5.32 Å². The largest absolute Gasteiger partial charge is 0.352 e. The maximum absolute atomic E-state index is 11.0. The topological polar surface area (TPSA) is 52.9 Å². The molecule has 1 N–H and O–H groups in total. The number of amides is 1. The number of nitrogens with one attached hydrogen (secondary N) is 1. The SMILES string of the molecule is N#Cc1ccc2c(c1)CC(=O)NC2. The highest BCUT2D eigenvalue weighted by molar-refractivity contribution is 5.80. The molecule has 2 rings (SSSR count). The molecule has 13 heavy (non-hydrogen) atoms. The second-order valence-electron chi connectivity index (χ2n) is 3.05. The van der Waals surface area contributed by atoms with Crippen molar-refractivity contribution in [3.05, 3.63) is 34.9 Å². The summed E-state index contributed by atoms with van der Waals surface area (Å²) >= 11 is 0. The molecule has 1 aromatic carbocycles. The monoisotopic (exact) mass is 172 g/mol. The van der Waals surface area contributed by atoms with Crippen LogP contribution in [0.4, 0.5) is 0 Å².